The summed E-state index contributed by atoms with van der Waals surface area (Å²) in [7, 11) is 0. The van der Waals surface area contributed by atoms with Gasteiger partial charge in [-0.05, 0) is 24.4 Å². The highest BCUT2D eigenvalue weighted by Crippen LogP contribution is 2.42. The number of carbonyl (C=O) groups excluding carboxylic acids is 1. The Labute approximate surface area is 166 Å². The molecule has 2 amide bonds. The first-order valence-electron chi connectivity index (χ1n) is 8.46. The van der Waals surface area contributed by atoms with Crippen LogP contribution >= 0.6 is 12.2 Å². The number of hydrogen-bond acceptors (Lipinski definition) is 6. The van der Waals surface area contributed by atoms with Crippen molar-refractivity contribution in [2.75, 3.05) is 19.7 Å². The monoisotopic (exact) mass is 401 g/mol. The van der Waals surface area contributed by atoms with Crippen LogP contribution in [-0.4, -0.2) is 66.8 Å². The van der Waals surface area contributed by atoms with Gasteiger partial charge < -0.3 is 20.8 Å². The molecule has 1 aliphatic rings. The van der Waals surface area contributed by atoms with Gasteiger partial charge in [0.1, 0.15) is 5.54 Å². The lowest BCUT2D eigenvalue weighted by molar-refractivity contribution is 0.0515. The van der Waals surface area contributed by atoms with Crippen LogP contribution in [0.5, 0.6) is 0 Å². The Balaban J connectivity index is 2.21. The molecule has 0 saturated carbocycles. The van der Waals surface area contributed by atoms with Crippen molar-refractivity contribution in [2.24, 2.45) is 11.7 Å². The molecule has 1 aromatic heterocycles. The highest BCUT2D eigenvalue weighted by Gasteiger charge is 2.56. The van der Waals surface area contributed by atoms with Gasteiger partial charge in [0.2, 0.25) is 0 Å². The maximum Gasteiger partial charge on any atom is 0.407 e. The average molecular weight is 401 g/mol. The number of nitrogens with two attached hydrogens (primary N) is 1. The molecule has 1 aromatic carbocycles. The third kappa shape index (κ3) is 3.27. The number of carboxylic acid groups (broad SMARTS) is 1. The zero-order valence-corrected chi connectivity index (χ0v) is 15.6. The van der Waals surface area contributed by atoms with Gasteiger partial charge in [0.25, 0.3) is 5.91 Å². The summed E-state index contributed by atoms with van der Waals surface area (Å²) in [6, 6.07) is 8.37. The van der Waals surface area contributed by atoms with Crippen LogP contribution in [-0.2, 0) is 5.54 Å². The largest absolute Gasteiger partial charge is 0.465 e. The third-order valence-corrected chi connectivity index (χ3v) is 5.07. The first kappa shape index (κ1) is 19.6. The molecule has 2 atom stereocenters. The molecule has 0 radical (unpaired) electrons. The minimum atomic E-state index is -1.39. The van der Waals surface area contributed by atoms with Crippen LogP contribution in [0, 0.1) is 5.92 Å². The lowest BCUT2D eigenvalue weighted by Gasteiger charge is -2.42. The number of thiocarbonyl (C=S) groups is 1. The van der Waals surface area contributed by atoms with E-state index >= 15 is 0 Å². The molecule has 28 heavy (non-hydrogen) atoms. The van der Waals surface area contributed by atoms with Crippen molar-refractivity contribution in [3.05, 3.63) is 60.2 Å². The molecule has 1 fully saturated rings. The molecular formula is C18H19N5O4S. The molecule has 0 bridgehead atoms. The molecule has 2 aromatic rings. The second-order valence-corrected chi connectivity index (χ2v) is 6.82. The quantitative estimate of drug-likeness (QED) is 0.637. The molecule has 1 aliphatic heterocycles. The van der Waals surface area contributed by atoms with E-state index in [-0.39, 0.29) is 18.2 Å². The van der Waals surface area contributed by atoms with Crippen LogP contribution in [0.1, 0.15) is 16.1 Å². The van der Waals surface area contributed by atoms with Gasteiger partial charge in [0.15, 0.2) is 5.11 Å². The summed E-state index contributed by atoms with van der Waals surface area (Å²) in [6.07, 6.45) is 3.13. The van der Waals surface area contributed by atoms with E-state index in [1.54, 1.807) is 30.3 Å². The summed E-state index contributed by atoms with van der Waals surface area (Å²) in [5.41, 5.74) is 5.19. The number of amides is 2. The highest BCUT2D eigenvalue weighted by atomic mass is 32.1. The zero-order chi connectivity index (χ0) is 20.3. The minimum absolute atomic E-state index is 0.0103. The molecule has 9 nitrogen and oxygen atoms in total. The number of aliphatic hydroxyl groups excluding tert-OH is 1. The number of likely N-dealkylation sites (tertiary alicyclic amines) is 1. The Bertz CT molecular complexity index is 882. The molecule has 3 rings (SSSR count). The lowest BCUT2D eigenvalue weighted by Crippen LogP contribution is -2.59. The first-order valence-corrected chi connectivity index (χ1v) is 8.87. The van der Waals surface area contributed by atoms with E-state index in [0.29, 0.717) is 11.3 Å². The lowest BCUT2D eigenvalue weighted by atomic mass is 9.82. The second-order valence-electron chi connectivity index (χ2n) is 6.40. The normalized spacial score (nSPS) is 21.3. The average Bonchev–Trinajstić information content (AvgIpc) is 3.10. The van der Waals surface area contributed by atoms with Gasteiger partial charge >= 0.3 is 6.09 Å². The smallest absolute Gasteiger partial charge is 0.407 e. The van der Waals surface area contributed by atoms with E-state index < -0.39 is 30.1 Å². The van der Waals surface area contributed by atoms with Crippen LogP contribution < -0.4 is 5.73 Å². The molecular weight excluding hydrogens is 382 g/mol. The van der Waals surface area contributed by atoms with E-state index in [0.717, 1.165) is 9.80 Å². The summed E-state index contributed by atoms with van der Waals surface area (Å²) in [5.74, 6) is -1.21. The van der Waals surface area contributed by atoms with Gasteiger partial charge in [-0.2, -0.15) is 0 Å². The Kier molecular flexibility index (Phi) is 5.52. The SMILES string of the molecule is NC(=S)N(C(=O)c1ccccc1)C1(c2cnccn2)CN(C(=O)O)CC1CO. The number of aliphatic hydroxyl groups is 1. The Morgan fingerprint density at radius 2 is 2.04 bits per heavy atom. The van der Waals surface area contributed by atoms with E-state index in [9.17, 15) is 19.8 Å². The fourth-order valence-electron chi connectivity index (χ4n) is 3.62. The van der Waals surface area contributed by atoms with Gasteiger partial charge in [0, 0.05) is 30.4 Å². The maximum atomic E-state index is 13.4. The standard InChI is InChI=1S/C18H19N5O4S/c19-16(28)23(15(25)12-4-2-1-3-5-12)18(14-8-20-6-7-21-14)11-22(17(26)27)9-13(18)10-24/h1-8,13,24H,9-11H2,(H2,19,28)(H,26,27). The molecule has 0 spiro atoms. The van der Waals surface area contributed by atoms with Crippen molar-refractivity contribution in [1.29, 1.82) is 0 Å². The van der Waals surface area contributed by atoms with E-state index in [1.165, 1.54) is 18.6 Å². The van der Waals surface area contributed by atoms with E-state index in [2.05, 4.69) is 9.97 Å². The number of rotatable bonds is 4. The molecule has 2 unspecified atom stereocenters. The predicted molar refractivity (Wildman–Crippen MR) is 103 cm³/mol. The van der Waals surface area contributed by atoms with Crippen molar-refractivity contribution in [1.82, 2.24) is 19.8 Å². The van der Waals surface area contributed by atoms with Crippen LogP contribution in [0.4, 0.5) is 4.79 Å². The van der Waals surface area contributed by atoms with Crippen molar-refractivity contribution in [3.63, 3.8) is 0 Å². The molecule has 1 saturated heterocycles. The third-order valence-electron chi connectivity index (χ3n) is 4.89. The van der Waals surface area contributed by atoms with Crippen molar-refractivity contribution < 1.29 is 19.8 Å². The number of hydrogen-bond donors (Lipinski definition) is 3. The molecule has 146 valence electrons. The number of benzene rings is 1. The van der Waals surface area contributed by atoms with Crippen LogP contribution in [0.15, 0.2) is 48.9 Å². The topological polar surface area (TPSA) is 133 Å². The Morgan fingerprint density at radius 1 is 1.32 bits per heavy atom. The summed E-state index contributed by atoms with van der Waals surface area (Å²) in [4.78, 5) is 35.6. The van der Waals surface area contributed by atoms with Gasteiger partial charge in [-0.3, -0.25) is 19.7 Å². The molecule has 4 N–H and O–H groups in total. The Hall–Kier alpha value is -3.11. The van der Waals surface area contributed by atoms with E-state index in [1.807, 2.05) is 0 Å². The fourth-order valence-corrected chi connectivity index (χ4v) is 3.87. The first-order chi connectivity index (χ1) is 13.4. The summed E-state index contributed by atoms with van der Waals surface area (Å²) < 4.78 is 0. The maximum absolute atomic E-state index is 13.4. The van der Waals surface area contributed by atoms with Crippen molar-refractivity contribution >= 4 is 29.3 Å². The summed E-state index contributed by atoms with van der Waals surface area (Å²) in [6.45, 7) is -0.562. The fraction of sp³-hybridized carbons (Fsp3) is 0.278. The second kappa shape index (κ2) is 7.87. The number of aromatic nitrogens is 2. The van der Waals surface area contributed by atoms with Gasteiger partial charge in [-0.1, -0.05) is 18.2 Å². The predicted octanol–water partition coefficient (Wildman–Crippen LogP) is 0.660. The van der Waals surface area contributed by atoms with Gasteiger partial charge in [0.05, 0.1) is 25.0 Å². The summed E-state index contributed by atoms with van der Waals surface area (Å²) in [5, 5.41) is 19.3. The minimum Gasteiger partial charge on any atom is -0.465 e. The highest BCUT2D eigenvalue weighted by molar-refractivity contribution is 7.80. The molecule has 0 aliphatic carbocycles. The number of carbonyl (C=O) groups is 2. The van der Waals surface area contributed by atoms with Crippen LogP contribution in [0.3, 0.4) is 0 Å². The zero-order valence-electron chi connectivity index (χ0n) is 14.8. The number of nitrogens with zero attached hydrogens (tertiary/aromatic N) is 4. The van der Waals surface area contributed by atoms with Crippen LogP contribution in [0.2, 0.25) is 0 Å². The van der Waals surface area contributed by atoms with Crippen molar-refractivity contribution in [2.45, 2.75) is 5.54 Å². The molecule has 10 heteroatoms. The summed E-state index contributed by atoms with van der Waals surface area (Å²) >= 11 is 5.19. The van der Waals surface area contributed by atoms with E-state index in [4.69, 9.17) is 18.0 Å². The van der Waals surface area contributed by atoms with Gasteiger partial charge in [-0.15, -0.1) is 0 Å². The Morgan fingerprint density at radius 3 is 2.57 bits per heavy atom. The van der Waals surface area contributed by atoms with Gasteiger partial charge in [-0.25, -0.2) is 4.79 Å². The van der Waals surface area contributed by atoms with Crippen LogP contribution in [0.25, 0.3) is 0 Å². The van der Waals surface area contributed by atoms with Crippen molar-refractivity contribution in [3.8, 4) is 0 Å². The molecule has 2 heterocycles.